The second-order valence-electron chi connectivity index (χ2n) is 6.58. The van der Waals surface area contributed by atoms with Crippen LogP contribution in [0.15, 0.2) is 30.3 Å². The van der Waals surface area contributed by atoms with Crippen molar-refractivity contribution in [1.82, 2.24) is 10.2 Å². The maximum Gasteiger partial charge on any atom is 0.244 e. The first kappa shape index (κ1) is 13.3. The Labute approximate surface area is 125 Å². The van der Waals surface area contributed by atoms with Crippen LogP contribution in [0.3, 0.4) is 0 Å². The fourth-order valence-electron chi connectivity index (χ4n) is 3.59. The average molecular weight is 286 g/mol. The van der Waals surface area contributed by atoms with Gasteiger partial charge in [-0.3, -0.25) is 10.1 Å². The summed E-state index contributed by atoms with van der Waals surface area (Å²) in [5.74, 6) is 0.770. The van der Waals surface area contributed by atoms with E-state index in [0.29, 0.717) is 11.8 Å². The third-order valence-electron chi connectivity index (χ3n) is 4.97. The zero-order valence-electron chi connectivity index (χ0n) is 12.3. The molecule has 4 rings (SSSR count). The summed E-state index contributed by atoms with van der Waals surface area (Å²) in [6.07, 6.45) is 4.27. The summed E-state index contributed by atoms with van der Waals surface area (Å²) in [4.78, 5) is 14.8. The van der Waals surface area contributed by atoms with Crippen molar-refractivity contribution in [1.29, 1.82) is 0 Å². The number of ether oxygens (including phenoxy) is 1. The van der Waals surface area contributed by atoms with E-state index in [4.69, 9.17) is 4.74 Å². The predicted molar refractivity (Wildman–Crippen MR) is 79.5 cm³/mol. The van der Waals surface area contributed by atoms with Crippen molar-refractivity contribution >= 4 is 5.91 Å². The Kier molecular flexibility index (Phi) is 3.23. The molecule has 1 spiro atoms. The van der Waals surface area contributed by atoms with Crippen molar-refractivity contribution in [3.8, 4) is 0 Å². The van der Waals surface area contributed by atoms with Crippen molar-refractivity contribution in [3.05, 3.63) is 35.9 Å². The van der Waals surface area contributed by atoms with Gasteiger partial charge in [0.1, 0.15) is 11.7 Å². The van der Waals surface area contributed by atoms with Gasteiger partial charge in [0.2, 0.25) is 5.91 Å². The third-order valence-corrected chi connectivity index (χ3v) is 4.97. The number of nitrogens with one attached hydrogen (secondary N) is 1. The van der Waals surface area contributed by atoms with Gasteiger partial charge in [-0.05, 0) is 31.2 Å². The zero-order valence-corrected chi connectivity index (χ0v) is 12.3. The highest BCUT2D eigenvalue weighted by molar-refractivity contribution is 5.92. The average Bonchev–Trinajstić information content (AvgIpc) is 3.27. The van der Waals surface area contributed by atoms with Crippen molar-refractivity contribution in [2.75, 3.05) is 19.8 Å². The van der Waals surface area contributed by atoms with E-state index < -0.39 is 0 Å². The second kappa shape index (κ2) is 5.11. The molecule has 3 aliphatic rings. The monoisotopic (exact) mass is 286 g/mol. The molecule has 4 nitrogen and oxygen atoms in total. The van der Waals surface area contributed by atoms with Gasteiger partial charge in [-0.15, -0.1) is 0 Å². The fourth-order valence-corrected chi connectivity index (χ4v) is 3.59. The van der Waals surface area contributed by atoms with Gasteiger partial charge >= 0.3 is 0 Å². The van der Waals surface area contributed by atoms with E-state index in [2.05, 4.69) is 22.3 Å². The van der Waals surface area contributed by atoms with Gasteiger partial charge in [-0.1, -0.05) is 30.3 Å². The summed E-state index contributed by atoms with van der Waals surface area (Å²) < 4.78 is 5.58. The first-order valence-corrected chi connectivity index (χ1v) is 8.00. The molecular formula is C17H22N2O2. The van der Waals surface area contributed by atoms with Crippen LogP contribution in [0.25, 0.3) is 0 Å². The molecule has 1 amide bonds. The van der Waals surface area contributed by atoms with Gasteiger partial charge in [0.05, 0.1) is 6.61 Å². The number of amides is 1. The Balaban J connectivity index is 1.57. The Hall–Kier alpha value is -1.39. The molecule has 1 aliphatic carbocycles. The highest BCUT2D eigenvalue weighted by Crippen LogP contribution is 2.46. The van der Waals surface area contributed by atoms with Crippen molar-refractivity contribution in [3.63, 3.8) is 0 Å². The molecule has 2 saturated heterocycles. The number of hydrogen-bond acceptors (Lipinski definition) is 3. The van der Waals surface area contributed by atoms with E-state index in [1.165, 1.54) is 5.56 Å². The molecule has 0 aromatic heterocycles. The summed E-state index contributed by atoms with van der Waals surface area (Å²) in [5.41, 5.74) is 0.933. The van der Waals surface area contributed by atoms with Gasteiger partial charge in [0.15, 0.2) is 0 Å². The molecule has 2 aliphatic heterocycles. The highest BCUT2D eigenvalue weighted by atomic mass is 16.5. The summed E-state index contributed by atoms with van der Waals surface area (Å²) in [6, 6.07) is 10.3. The molecule has 3 fully saturated rings. The maximum atomic E-state index is 12.8. The first-order chi connectivity index (χ1) is 10.3. The summed E-state index contributed by atoms with van der Waals surface area (Å²) in [6.45, 7) is 2.47. The lowest BCUT2D eigenvalue weighted by molar-refractivity contribution is -0.132. The van der Waals surface area contributed by atoms with Crippen LogP contribution in [0.5, 0.6) is 0 Å². The number of carbonyl (C=O) groups excluding carboxylic acids is 1. The molecule has 2 atom stereocenters. The van der Waals surface area contributed by atoms with E-state index in [9.17, 15) is 4.79 Å². The molecule has 1 N–H and O–H groups in total. The van der Waals surface area contributed by atoms with E-state index in [-0.39, 0.29) is 11.7 Å². The lowest BCUT2D eigenvalue weighted by Crippen LogP contribution is -2.38. The van der Waals surface area contributed by atoms with E-state index in [1.807, 2.05) is 18.2 Å². The third kappa shape index (κ3) is 2.36. The lowest BCUT2D eigenvalue weighted by atomic mass is 10.0. The van der Waals surface area contributed by atoms with Crippen molar-refractivity contribution in [2.45, 2.75) is 37.4 Å². The normalized spacial score (nSPS) is 30.9. The summed E-state index contributed by atoms with van der Waals surface area (Å²) in [7, 11) is 0. The van der Waals surface area contributed by atoms with Crippen LogP contribution in [-0.4, -0.2) is 36.1 Å². The summed E-state index contributed by atoms with van der Waals surface area (Å²) >= 11 is 0. The SMILES string of the molecule is O=C1N(CC2CCCOC2)C(c2ccccc2)NC12CC2. The van der Waals surface area contributed by atoms with Gasteiger partial charge in [-0.25, -0.2) is 0 Å². The first-order valence-electron chi connectivity index (χ1n) is 8.00. The van der Waals surface area contributed by atoms with Gasteiger partial charge in [0.25, 0.3) is 0 Å². The molecule has 0 radical (unpaired) electrons. The second-order valence-corrected chi connectivity index (χ2v) is 6.58. The van der Waals surface area contributed by atoms with Crippen molar-refractivity contribution in [2.24, 2.45) is 5.92 Å². The molecule has 1 aromatic carbocycles. The predicted octanol–water partition coefficient (Wildman–Crippen LogP) is 2.08. The minimum atomic E-state index is -0.254. The Morgan fingerprint density at radius 3 is 2.76 bits per heavy atom. The molecule has 4 heteroatoms. The van der Waals surface area contributed by atoms with Gasteiger partial charge < -0.3 is 9.64 Å². The Morgan fingerprint density at radius 1 is 1.29 bits per heavy atom. The molecular weight excluding hydrogens is 264 g/mol. The highest BCUT2D eigenvalue weighted by Gasteiger charge is 2.59. The standard InChI is InChI=1S/C17H22N2O2/c20-16-17(8-9-17)18-15(14-6-2-1-3-7-14)19(16)11-13-5-4-10-21-12-13/h1-3,6-7,13,15,18H,4-5,8-12H2. The zero-order chi connectivity index (χ0) is 14.3. The van der Waals surface area contributed by atoms with E-state index in [0.717, 1.165) is 45.4 Å². The smallest absolute Gasteiger partial charge is 0.244 e. The van der Waals surface area contributed by atoms with Crippen molar-refractivity contribution < 1.29 is 9.53 Å². The summed E-state index contributed by atoms with van der Waals surface area (Å²) in [5, 5.41) is 3.58. The molecule has 1 aromatic rings. The maximum absolute atomic E-state index is 12.8. The minimum Gasteiger partial charge on any atom is -0.381 e. The van der Waals surface area contributed by atoms with Crippen LogP contribution >= 0.6 is 0 Å². The van der Waals surface area contributed by atoms with E-state index >= 15 is 0 Å². The number of nitrogens with zero attached hydrogens (tertiary/aromatic N) is 1. The number of rotatable bonds is 3. The molecule has 0 bridgehead atoms. The Morgan fingerprint density at radius 2 is 2.10 bits per heavy atom. The molecule has 21 heavy (non-hydrogen) atoms. The number of benzene rings is 1. The number of hydrogen-bond donors (Lipinski definition) is 1. The molecule has 112 valence electrons. The van der Waals surface area contributed by atoms with Crippen LogP contribution in [0.4, 0.5) is 0 Å². The lowest BCUT2D eigenvalue weighted by Gasteiger charge is -2.30. The largest absolute Gasteiger partial charge is 0.381 e. The van der Waals surface area contributed by atoms with Gasteiger partial charge in [0, 0.05) is 19.1 Å². The Bertz CT molecular complexity index is 521. The van der Waals surface area contributed by atoms with Gasteiger partial charge in [-0.2, -0.15) is 0 Å². The quantitative estimate of drug-likeness (QED) is 0.925. The molecule has 2 unspecified atom stereocenters. The fraction of sp³-hybridized carbons (Fsp3) is 0.588. The van der Waals surface area contributed by atoms with Crippen LogP contribution in [0.1, 0.15) is 37.4 Å². The van der Waals surface area contributed by atoms with Crippen LogP contribution < -0.4 is 5.32 Å². The number of carbonyl (C=O) groups is 1. The van der Waals surface area contributed by atoms with Crippen LogP contribution in [0.2, 0.25) is 0 Å². The molecule has 2 heterocycles. The topological polar surface area (TPSA) is 41.6 Å². The van der Waals surface area contributed by atoms with Crippen LogP contribution in [0, 0.1) is 5.92 Å². The molecule has 1 saturated carbocycles. The van der Waals surface area contributed by atoms with E-state index in [1.54, 1.807) is 0 Å². The minimum absolute atomic E-state index is 0.0307. The van der Waals surface area contributed by atoms with Crippen LogP contribution in [-0.2, 0) is 9.53 Å².